The van der Waals surface area contributed by atoms with Crippen LogP contribution in [0.2, 0.25) is 0 Å². The number of hydrogen-bond acceptors (Lipinski definition) is 4. The Labute approximate surface area is 296 Å². The first-order valence-electron chi connectivity index (χ1n) is 17.8. The Balaban J connectivity index is 1.11. The van der Waals surface area contributed by atoms with Gasteiger partial charge in [0.15, 0.2) is 6.17 Å². The van der Waals surface area contributed by atoms with Crippen LogP contribution < -0.4 is 5.32 Å². The van der Waals surface area contributed by atoms with Crippen molar-refractivity contribution >= 4 is 56.0 Å². The second-order valence-corrected chi connectivity index (χ2v) is 13.7. The molecule has 51 heavy (non-hydrogen) atoms. The van der Waals surface area contributed by atoms with Crippen LogP contribution in [-0.2, 0) is 6.42 Å². The molecule has 4 heteroatoms. The Bertz CT molecular complexity index is 2640. The van der Waals surface area contributed by atoms with Crippen LogP contribution >= 0.6 is 0 Å². The van der Waals surface area contributed by atoms with Crippen molar-refractivity contribution in [3.05, 3.63) is 191 Å². The summed E-state index contributed by atoms with van der Waals surface area (Å²) in [5.41, 5.74) is 11.3. The van der Waals surface area contributed by atoms with Gasteiger partial charge in [0.05, 0.1) is 0 Å². The maximum Gasteiger partial charge on any atom is 0.173 e. The first-order valence-corrected chi connectivity index (χ1v) is 17.8. The van der Waals surface area contributed by atoms with Crippen LogP contribution in [0.15, 0.2) is 166 Å². The van der Waals surface area contributed by atoms with Crippen molar-refractivity contribution < 1.29 is 4.42 Å². The molecular formula is C47H35N3O. The van der Waals surface area contributed by atoms with Crippen LogP contribution in [0, 0.1) is 0 Å². The van der Waals surface area contributed by atoms with E-state index in [2.05, 4.69) is 145 Å². The van der Waals surface area contributed by atoms with E-state index in [-0.39, 0.29) is 5.92 Å². The summed E-state index contributed by atoms with van der Waals surface area (Å²) in [6, 6.07) is 45.3. The zero-order valence-corrected chi connectivity index (χ0v) is 28.1. The number of hydrogen-bond donors (Lipinski definition) is 1. The molecular weight excluding hydrogens is 623 g/mol. The Morgan fingerprint density at radius 3 is 2.14 bits per heavy atom. The molecule has 1 aliphatic heterocycles. The summed E-state index contributed by atoms with van der Waals surface area (Å²) in [6.45, 7) is 0. The number of aryl methyl sites for hydroxylation is 1. The largest absolute Gasteiger partial charge is 0.456 e. The first kappa shape index (κ1) is 29.6. The van der Waals surface area contributed by atoms with Crippen LogP contribution in [-0.4, -0.2) is 11.7 Å². The Morgan fingerprint density at radius 2 is 1.33 bits per heavy atom. The third kappa shape index (κ3) is 5.32. The minimum Gasteiger partial charge on any atom is -0.456 e. The van der Waals surface area contributed by atoms with Gasteiger partial charge in [-0.1, -0.05) is 146 Å². The van der Waals surface area contributed by atoms with Crippen molar-refractivity contribution in [2.24, 2.45) is 9.98 Å². The lowest BCUT2D eigenvalue weighted by Crippen LogP contribution is -2.36. The zero-order chi connectivity index (χ0) is 33.7. The SMILES string of the molecule is C1=CCC(c2ccc(C3N=C(c4ccccc4)NC(c4ccc(C5=Cc6ccccc6CC5)cc4)=N3)c3oc4cc5ccccc5cc4c23)C=C1. The molecule has 10 rings (SSSR count). The topological polar surface area (TPSA) is 49.9 Å². The molecule has 7 aromatic rings. The highest BCUT2D eigenvalue weighted by Crippen LogP contribution is 2.43. The summed E-state index contributed by atoms with van der Waals surface area (Å²) < 4.78 is 6.86. The van der Waals surface area contributed by atoms with Crippen molar-refractivity contribution in [1.82, 2.24) is 5.32 Å². The van der Waals surface area contributed by atoms with E-state index >= 15 is 0 Å². The first-order chi connectivity index (χ1) is 25.2. The number of benzene rings is 6. The molecule has 0 bridgehead atoms. The van der Waals surface area contributed by atoms with E-state index in [4.69, 9.17) is 14.4 Å². The minimum atomic E-state index is -0.498. The second-order valence-electron chi connectivity index (χ2n) is 13.7. The molecule has 1 N–H and O–H groups in total. The van der Waals surface area contributed by atoms with Crippen LogP contribution in [0.4, 0.5) is 0 Å². The molecule has 0 saturated carbocycles. The summed E-state index contributed by atoms with van der Waals surface area (Å²) in [6.07, 6.45) is 13.7. The molecule has 2 heterocycles. The van der Waals surface area contributed by atoms with Crippen LogP contribution in [0.1, 0.15) is 63.9 Å². The van der Waals surface area contributed by atoms with Gasteiger partial charge in [-0.3, -0.25) is 0 Å². The minimum absolute atomic E-state index is 0.264. The molecule has 4 nitrogen and oxygen atoms in total. The van der Waals surface area contributed by atoms with Gasteiger partial charge in [0.1, 0.15) is 22.8 Å². The number of allylic oxidation sites excluding steroid dienone is 5. The highest BCUT2D eigenvalue weighted by atomic mass is 16.3. The van der Waals surface area contributed by atoms with Crippen molar-refractivity contribution in [3.8, 4) is 0 Å². The fraction of sp³-hybridized carbons (Fsp3) is 0.106. The van der Waals surface area contributed by atoms with Crippen molar-refractivity contribution in [3.63, 3.8) is 0 Å². The standard InChI is InChI=1S/C47H35N3O/c1-3-12-32(13-4-1)39-25-26-40(44-43(39)41-28-36-17-9-10-18-37(36)29-42(41)51-44)47-49-45(33-14-5-2-6-15-33)48-46(50-47)34-22-19-31(20-23-34)38-24-21-30-11-7-8-16-35(30)27-38/h1-12,14-20,22-23,25-29,32,47H,13,21,24H2,(H,48,49,50). The smallest absolute Gasteiger partial charge is 0.173 e. The van der Waals surface area contributed by atoms with Crippen LogP contribution in [0.5, 0.6) is 0 Å². The van der Waals surface area contributed by atoms with E-state index in [0.29, 0.717) is 0 Å². The van der Waals surface area contributed by atoms with E-state index < -0.39 is 6.17 Å². The van der Waals surface area contributed by atoms with Gasteiger partial charge < -0.3 is 9.73 Å². The number of amidine groups is 2. The number of rotatable bonds is 5. The Kier molecular flexibility index (Phi) is 7.12. The maximum absolute atomic E-state index is 6.86. The quantitative estimate of drug-likeness (QED) is 0.200. The third-order valence-electron chi connectivity index (χ3n) is 10.6. The molecule has 2 unspecified atom stereocenters. The van der Waals surface area contributed by atoms with E-state index in [9.17, 15) is 0 Å². The molecule has 1 aromatic heterocycles. The van der Waals surface area contributed by atoms with Crippen molar-refractivity contribution in [2.45, 2.75) is 31.3 Å². The average molecular weight is 658 g/mol. The number of aliphatic imine (C=N–C) groups is 2. The third-order valence-corrected chi connectivity index (χ3v) is 10.6. The maximum atomic E-state index is 6.86. The molecule has 2 atom stereocenters. The van der Waals surface area contributed by atoms with Gasteiger partial charge in [-0.25, -0.2) is 9.98 Å². The van der Waals surface area contributed by atoms with Gasteiger partial charge >= 0.3 is 0 Å². The molecule has 0 spiro atoms. The molecule has 0 radical (unpaired) electrons. The summed E-state index contributed by atoms with van der Waals surface area (Å²) in [4.78, 5) is 10.6. The van der Waals surface area contributed by atoms with E-state index in [1.165, 1.54) is 33.2 Å². The fourth-order valence-corrected chi connectivity index (χ4v) is 7.91. The lowest BCUT2D eigenvalue weighted by Gasteiger charge is -2.23. The zero-order valence-electron chi connectivity index (χ0n) is 28.1. The summed E-state index contributed by atoms with van der Waals surface area (Å²) in [5.74, 6) is 1.85. The van der Waals surface area contributed by atoms with E-state index in [0.717, 1.165) is 74.9 Å². The molecule has 244 valence electrons. The van der Waals surface area contributed by atoms with Crippen LogP contribution in [0.3, 0.4) is 0 Å². The number of nitrogens with one attached hydrogen (secondary N) is 1. The second kappa shape index (κ2) is 12.3. The van der Waals surface area contributed by atoms with Gasteiger partial charge in [0.2, 0.25) is 0 Å². The summed E-state index contributed by atoms with van der Waals surface area (Å²) >= 11 is 0. The fourth-order valence-electron chi connectivity index (χ4n) is 7.91. The molecule has 0 saturated heterocycles. The Morgan fingerprint density at radius 1 is 0.627 bits per heavy atom. The highest BCUT2D eigenvalue weighted by molar-refractivity contribution is 6.17. The van der Waals surface area contributed by atoms with Crippen molar-refractivity contribution in [2.75, 3.05) is 0 Å². The van der Waals surface area contributed by atoms with Gasteiger partial charge in [0.25, 0.3) is 0 Å². The average Bonchev–Trinajstić information content (AvgIpc) is 3.58. The highest BCUT2D eigenvalue weighted by Gasteiger charge is 2.27. The van der Waals surface area contributed by atoms with Crippen molar-refractivity contribution in [1.29, 1.82) is 0 Å². The molecule has 6 aromatic carbocycles. The summed E-state index contributed by atoms with van der Waals surface area (Å²) in [7, 11) is 0. The van der Waals surface area contributed by atoms with Gasteiger partial charge in [-0.2, -0.15) is 0 Å². The molecule has 2 aliphatic carbocycles. The molecule has 0 fully saturated rings. The normalized spacial score (nSPS) is 18.3. The molecule has 0 amide bonds. The van der Waals surface area contributed by atoms with E-state index in [1.54, 1.807) is 0 Å². The number of furan rings is 1. The predicted octanol–water partition coefficient (Wildman–Crippen LogP) is 11.3. The van der Waals surface area contributed by atoms with E-state index in [1.807, 2.05) is 18.2 Å². The Hall–Kier alpha value is -6.26. The summed E-state index contributed by atoms with van der Waals surface area (Å²) in [5, 5.41) is 8.24. The van der Waals surface area contributed by atoms with Gasteiger partial charge in [-0.05, 0) is 70.0 Å². The van der Waals surface area contributed by atoms with Gasteiger partial charge in [-0.15, -0.1) is 0 Å². The predicted molar refractivity (Wildman–Crippen MR) is 211 cm³/mol. The lowest BCUT2D eigenvalue weighted by molar-refractivity contribution is 0.648. The number of fused-ring (bicyclic) bond motifs is 5. The lowest BCUT2D eigenvalue weighted by atomic mass is 9.88. The monoisotopic (exact) mass is 657 g/mol. The molecule has 3 aliphatic rings. The number of nitrogens with zero attached hydrogens (tertiary/aromatic N) is 2. The van der Waals surface area contributed by atoms with Crippen LogP contribution in [0.25, 0.3) is 44.4 Å². The van der Waals surface area contributed by atoms with Gasteiger partial charge in [0, 0.05) is 33.4 Å².